The number of carbonyl (C=O) groups excluding carboxylic acids is 1. The minimum Gasteiger partial charge on any atom is -0.379 e. The predicted octanol–water partition coefficient (Wildman–Crippen LogP) is 0.684. The van der Waals surface area contributed by atoms with Gasteiger partial charge in [0.25, 0.3) is 5.91 Å². The van der Waals surface area contributed by atoms with Crippen molar-refractivity contribution in [1.82, 2.24) is 14.7 Å². The smallest absolute Gasteiger partial charge is 0.250 e. The van der Waals surface area contributed by atoms with Crippen LogP contribution >= 0.6 is 0 Å². The molecule has 0 radical (unpaired) electrons. The fraction of sp³-hybridized carbons (Fsp3) is 0.375. The Labute approximate surface area is 129 Å². The van der Waals surface area contributed by atoms with Gasteiger partial charge in [-0.25, -0.2) is 4.68 Å². The number of likely N-dealkylation sites (tertiary alicyclic amines) is 1. The van der Waals surface area contributed by atoms with Crippen molar-refractivity contribution in [3.05, 3.63) is 48.3 Å². The molecule has 22 heavy (non-hydrogen) atoms. The lowest BCUT2D eigenvalue weighted by Crippen LogP contribution is -2.55. The molecule has 0 bridgehead atoms. The van der Waals surface area contributed by atoms with Crippen LogP contribution in [0.25, 0.3) is 5.69 Å². The lowest BCUT2D eigenvalue weighted by molar-refractivity contribution is -0.142. The van der Waals surface area contributed by atoms with E-state index in [0.717, 1.165) is 24.2 Å². The van der Waals surface area contributed by atoms with Crippen LogP contribution in [0.15, 0.2) is 42.7 Å². The van der Waals surface area contributed by atoms with Gasteiger partial charge in [0.15, 0.2) is 5.60 Å². The first-order chi connectivity index (χ1) is 10.6. The maximum atomic E-state index is 11.4. The van der Waals surface area contributed by atoms with Crippen LogP contribution in [0, 0.1) is 0 Å². The summed E-state index contributed by atoms with van der Waals surface area (Å²) in [5, 5.41) is 14.4. The van der Waals surface area contributed by atoms with Crippen molar-refractivity contribution < 1.29 is 9.90 Å². The second kappa shape index (κ2) is 5.90. The standard InChI is InChI=1S/C16H20N4O2/c17-15(21)16(22)7-1-9-19(12-16)11-13-3-5-14(6-4-13)20-10-2-8-18-20/h2-6,8,10,22H,1,7,9,11-12H2,(H2,17,21). The highest BCUT2D eigenvalue weighted by molar-refractivity contribution is 5.83. The molecule has 1 aromatic carbocycles. The summed E-state index contributed by atoms with van der Waals surface area (Å²) in [5.74, 6) is -0.633. The quantitative estimate of drug-likeness (QED) is 0.870. The molecule has 1 fully saturated rings. The lowest BCUT2D eigenvalue weighted by atomic mass is 9.92. The average Bonchev–Trinajstić information content (AvgIpc) is 3.02. The molecule has 3 rings (SSSR count). The second-order valence-corrected chi connectivity index (χ2v) is 5.83. The number of piperidine rings is 1. The Balaban J connectivity index is 1.67. The second-order valence-electron chi connectivity index (χ2n) is 5.83. The Morgan fingerprint density at radius 1 is 1.36 bits per heavy atom. The number of nitrogens with zero attached hydrogens (tertiary/aromatic N) is 3. The van der Waals surface area contributed by atoms with Gasteiger partial charge in [-0.1, -0.05) is 12.1 Å². The number of aromatic nitrogens is 2. The summed E-state index contributed by atoms with van der Waals surface area (Å²) in [6, 6.07) is 9.97. The van der Waals surface area contributed by atoms with Gasteiger partial charge in [0.1, 0.15) is 0 Å². The third-order valence-electron chi connectivity index (χ3n) is 4.12. The van der Waals surface area contributed by atoms with Gasteiger partial charge in [-0.2, -0.15) is 5.10 Å². The summed E-state index contributed by atoms with van der Waals surface area (Å²) in [6.07, 6.45) is 4.85. The predicted molar refractivity (Wildman–Crippen MR) is 82.2 cm³/mol. The molecular formula is C16H20N4O2. The molecule has 0 spiro atoms. The number of amides is 1. The van der Waals surface area contributed by atoms with E-state index in [4.69, 9.17) is 5.73 Å². The molecule has 1 aliphatic rings. The number of rotatable bonds is 4. The highest BCUT2D eigenvalue weighted by atomic mass is 16.3. The van der Waals surface area contributed by atoms with Crippen LogP contribution < -0.4 is 5.73 Å². The minimum absolute atomic E-state index is 0.295. The SMILES string of the molecule is NC(=O)C1(O)CCCN(Cc2ccc(-n3cccn3)cc2)C1. The van der Waals surface area contributed by atoms with Gasteiger partial charge >= 0.3 is 0 Å². The van der Waals surface area contributed by atoms with E-state index in [1.807, 2.05) is 36.5 Å². The van der Waals surface area contributed by atoms with E-state index in [9.17, 15) is 9.90 Å². The molecule has 1 aromatic heterocycles. The minimum atomic E-state index is -1.40. The van der Waals surface area contributed by atoms with Crippen molar-refractivity contribution in [1.29, 1.82) is 0 Å². The molecule has 6 nitrogen and oxygen atoms in total. The number of benzene rings is 1. The van der Waals surface area contributed by atoms with E-state index in [2.05, 4.69) is 10.00 Å². The van der Waals surface area contributed by atoms with Crippen molar-refractivity contribution in [2.75, 3.05) is 13.1 Å². The van der Waals surface area contributed by atoms with E-state index in [0.29, 0.717) is 19.5 Å². The molecule has 1 atom stereocenters. The van der Waals surface area contributed by atoms with Gasteiger partial charge in [0, 0.05) is 25.5 Å². The van der Waals surface area contributed by atoms with Crippen molar-refractivity contribution in [2.45, 2.75) is 25.0 Å². The first-order valence-electron chi connectivity index (χ1n) is 7.40. The first-order valence-corrected chi connectivity index (χ1v) is 7.40. The van der Waals surface area contributed by atoms with Gasteiger partial charge in [0.05, 0.1) is 5.69 Å². The lowest BCUT2D eigenvalue weighted by Gasteiger charge is -2.37. The van der Waals surface area contributed by atoms with E-state index in [1.165, 1.54) is 0 Å². The maximum Gasteiger partial charge on any atom is 0.250 e. The topological polar surface area (TPSA) is 84.4 Å². The Morgan fingerprint density at radius 3 is 2.77 bits per heavy atom. The number of aliphatic hydroxyl groups is 1. The van der Waals surface area contributed by atoms with E-state index < -0.39 is 11.5 Å². The molecule has 1 unspecified atom stereocenters. The molecule has 0 saturated carbocycles. The fourth-order valence-corrected chi connectivity index (χ4v) is 2.89. The Bertz CT molecular complexity index is 639. The zero-order valence-corrected chi connectivity index (χ0v) is 12.4. The number of β-amino-alcohol motifs (C(OH)–C–C–N with tert-alkyl or cyclic N) is 1. The molecule has 1 aliphatic heterocycles. The van der Waals surface area contributed by atoms with Gasteiger partial charge in [-0.05, 0) is 43.1 Å². The summed E-state index contributed by atoms with van der Waals surface area (Å²) >= 11 is 0. The number of primary amides is 1. The van der Waals surface area contributed by atoms with Crippen molar-refractivity contribution in [3.8, 4) is 5.69 Å². The van der Waals surface area contributed by atoms with Crippen LogP contribution in [-0.2, 0) is 11.3 Å². The number of carbonyl (C=O) groups is 1. The number of hydrogen-bond acceptors (Lipinski definition) is 4. The summed E-state index contributed by atoms with van der Waals surface area (Å²) < 4.78 is 1.80. The van der Waals surface area contributed by atoms with Crippen molar-refractivity contribution >= 4 is 5.91 Å². The van der Waals surface area contributed by atoms with Gasteiger partial charge < -0.3 is 10.8 Å². The molecule has 3 N–H and O–H groups in total. The Kier molecular flexibility index (Phi) is 3.96. The van der Waals surface area contributed by atoms with Crippen molar-refractivity contribution in [3.63, 3.8) is 0 Å². The van der Waals surface area contributed by atoms with E-state index in [-0.39, 0.29) is 0 Å². The van der Waals surface area contributed by atoms with Gasteiger partial charge in [0.2, 0.25) is 0 Å². The van der Waals surface area contributed by atoms with E-state index >= 15 is 0 Å². The molecule has 1 amide bonds. The summed E-state index contributed by atoms with van der Waals surface area (Å²) in [6.45, 7) is 1.84. The van der Waals surface area contributed by atoms with Crippen LogP contribution in [0.4, 0.5) is 0 Å². The molecular weight excluding hydrogens is 280 g/mol. The highest BCUT2D eigenvalue weighted by Gasteiger charge is 2.38. The summed E-state index contributed by atoms with van der Waals surface area (Å²) in [4.78, 5) is 13.5. The van der Waals surface area contributed by atoms with Crippen LogP contribution in [0.1, 0.15) is 18.4 Å². The zero-order chi connectivity index (χ0) is 15.6. The molecule has 2 aromatic rings. The largest absolute Gasteiger partial charge is 0.379 e. The average molecular weight is 300 g/mol. The monoisotopic (exact) mass is 300 g/mol. The van der Waals surface area contributed by atoms with Crippen LogP contribution in [0.2, 0.25) is 0 Å². The summed E-state index contributed by atoms with van der Waals surface area (Å²) in [7, 11) is 0. The Morgan fingerprint density at radius 2 is 2.14 bits per heavy atom. The highest BCUT2D eigenvalue weighted by Crippen LogP contribution is 2.22. The van der Waals surface area contributed by atoms with Crippen LogP contribution in [0.3, 0.4) is 0 Å². The summed E-state index contributed by atoms with van der Waals surface area (Å²) in [5.41, 5.74) is 6.04. The fourth-order valence-electron chi connectivity index (χ4n) is 2.89. The van der Waals surface area contributed by atoms with E-state index in [1.54, 1.807) is 10.9 Å². The van der Waals surface area contributed by atoms with Crippen molar-refractivity contribution in [2.24, 2.45) is 5.73 Å². The van der Waals surface area contributed by atoms with Gasteiger partial charge in [-0.3, -0.25) is 9.69 Å². The molecule has 2 heterocycles. The first kappa shape index (κ1) is 14.7. The van der Waals surface area contributed by atoms with Crippen LogP contribution in [-0.4, -0.2) is 44.4 Å². The van der Waals surface area contributed by atoms with Gasteiger partial charge in [-0.15, -0.1) is 0 Å². The number of hydrogen-bond donors (Lipinski definition) is 2. The molecule has 6 heteroatoms. The molecule has 116 valence electrons. The third-order valence-corrected chi connectivity index (χ3v) is 4.12. The zero-order valence-electron chi connectivity index (χ0n) is 12.4. The normalized spacial score (nSPS) is 22.6. The molecule has 0 aliphatic carbocycles. The Hall–Kier alpha value is -2.18. The molecule has 1 saturated heterocycles. The maximum absolute atomic E-state index is 11.4. The number of nitrogens with two attached hydrogens (primary N) is 1. The third kappa shape index (κ3) is 3.03. The van der Waals surface area contributed by atoms with Crippen LogP contribution in [0.5, 0.6) is 0 Å².